The Bertz CT molecular complexity index is 2140. The highest BCUT2D eigenvalue weighted by Gasteiger charge is 2.11. The molecule has 0 radical (unpaired) electrons. The summed E-state index contributed by atoms with van der Waals surface area (Å²) in [6.07, 6.45) is 4.08. The molecule has 0 aliphatic carbocycles. The van der Waals surface area contributed by atoms with Crippen LogP contribution in [0.15, 0.2) is 134 Å². The third-order valence-electron chi connectivity index (χ3n) is 7.43. The number of imidazole rings is 1. The topological polar surface area (TPSA) is 43.1 Å². The van der Waals surface area contributed by atoms with E-state index in [0.29, 0.717) is 0 Å². The molecule has 0 fully saturated rings. The van der Waals surface area contributed by atoms with Crippen LogP contribution in [-0.2, 0) is 0 Å². The molecule has 4 nitrogen and oxygen atoms in total. The lowest BCUT2D eigenvalue weighted by Gasteiger charge is -2.10. The van der Waals surface area contributed by atoms with Gasteiger partial charge in [-0.05, 0) is 35.0 Å². The van der Waals surface area contributed by atoms with Crippen LogP contribution in [0.25, 0.3) is 72.0 Å². The molecule has 0 unspecified atom stereocenters. The minimum Gasteiger partial charge on any atom is -0.306 e. The molecular formula is C35H22N4. The van der Waals surface area contributed by atoms with Gasteiger partial charge in [-0.25, -0.2) is 15.0 Å². The maximum atomic E-state index is 5.16. The lowest BCUT2D eigenvalue weighted by Crippen LogP contribution is -1.91. The highest BCUT2D eigenvalue weighted by atomic mass is 15.0. The van der Waals surface area contributed by atoms with Gasteiger partial charge in [-0.3, -0.25) is 0 Å². The first-order valence-electron chi connectivity index (χ1n) is 13.0. The summed E-state index contributed by atoms with van der Waals surface area (Å²) in [7, 11) is 0. The molecule has 0 atom stereocenters. The molecule has 39 heavy (non-hydrogen) atoms. The van der Waals surface area contributed by atoms with Gasteiger partial charge in [0.15, 0.2) is 0 Å². The van der Waals surface area contributed by atoms with E-state index >= 15 is 0 Å². The second kappa shape index (κ2) is 8.61. The van der Waals surface area contributed by atoms with Gasteiger partial charge in [0, 0.05) is 39.9 Å². The molecule has 4 aromatic carbocycles. The van der Waals surface area contributed by atoms with Crippen molar-refractivity contribution in [1.82, 2.24) is 19.4 Å². The van der Waals surface area contributed by atoms with Gasteiger partial charge in [0.1, 0.15) is 5.65 Å². The highest BCUT2D eigenvalue weighted by Crippen LogP contribution is 2.32. The first kappa shape index (κ1) is 21.7. The van der Waals surface area contributed by atoms with E-state index in [2.05, 4.69) is 109 Å². The van der Waals surface area contributed by atoms with Gasteiger partial charge in [0.25, 0.3) is 0 Å². The van der Waals surface area contributed by atoms with Crippen molar-refractivity contribution in [3.8, 4) is 33.8 Å². The van der Waals surface area contributed by atoms with Crippen molar-refractivity contribution in [2.75, 3.05) is 0 Å². The molecule has 0 bridgehead atoms. The average Bonchev–Trinajstić information content (AvgIpc) is 3.45. The Morgan fingerprint density at radius 1 is 0.436 bits per heavy atom. The van der Waals surface area contributed by atoms with E-state index in [4.69, 9.17) is 15.0 Å². The zero-order valence-corrected chi connectivity index (χ0v) is 21.0. The van der Waals surface area contributed by atoms with Crippen LogP contribution in [0.2, 0.25) is 0 Å². The fourth-order valence-corrected chi connectivity index (χ4v) is 5.41. The molecule has 8 rings (SSSR count). The zero-order valence-electron chi connectivity index (χ0n) is 21.0. The fourth-order valence-electron chi connectivity index (χ4n) is 5.41. The molecule has 8 aromatic rings. The van der Waals surface area contributed by atoms with Crippen molar-refractivity contribution in [2.24, 2.45) is 0 Å². The van der Waals surface area contributed by atoms with Crippen LogP contribution in [0.1, 0.15) is 0 Å². The van der Waals surface area contributed by atoms with E-state index in [-0.39, 0.29) is 0 Å². The lowest BCUT2D eigenvalue weighted by atomic mass is 10.0. The van der Waals surface area contributed by atoms with Crippen molar-refractivity contribution in [3.05, 3.63) is 134 Å². The maximum Gasteiger partial charge on any atom is 0.137 e. The standard InChI is InChI=1S/C35H22N4/c1-2-8-28-23(6-1)7-5-9-29(28)31-20-18-27-16-15-26-17-19-30(37-34(26)35(27)38-31)24-11-13-25(14-12-24)32-22-39-21-4-3-10-33(39)36-32/h1-22H. The molecule has 182 valence electrons. The summed E-state index contributed by atoms with van der Waals surface area (Å²) in [6.45, 7) is 0. The van der Waals surface area contributed by atoms with Crippen LogP contribution < -0.4 is 0 Å². The monoisotopic (exact) mass is 498 g/mol. The summed E-state index contributed by atoms with van der Waals surface area (Å²) in [6, 6.07) is 42.1. The molecule has 0 amide bonds. The molecule has 4 heteroatoms. The van der Waals surface area contributed by atoms with Crippen LogP contribution in [0.4, 0.5) is 0 Å². The number of hydrogen-bond acceptors (Lipinski definition) is 3. The SMILES string of the molecule is c1ccc2c(-c3ccc4ccc5ccc(-c6ccc(-c7cn8ccccc8n7)cc6)nc5c4n3)cccc2c1. The zero-order chi connectivity index (χ0) is 25.8. The summed E-state index contributed by atoms with van der Waals surface area (Å²) < 4.78 is 2.04. The molecule has 4 aromatic heterocycles. The number of nitrogens with zero attached hydrogens (tertiary/aromatic N) is 4. The first-order chi connectivity index (χ1) is 19.3. The summed E-state index contributed by atoms with van der Waals surface area (Å²) in [5.74, 6) is 0. The third kappa shape index (κ3) is 3.65. The predicted molar refractivity (Wildman–Crippen MR) is 160 cm³/mol. The van der Waals surface area contributed by atoms with Crippen molar-refractivity contribution < 1.29 is 0 Å². The highest BCUT2D eigenvalue weighted by molar-refractivity contribution is 6.05. The normalized spacial score (nSPS) is 11.6. The molecule has 0 aliphatic heterocycles. The van der Waals surface area contributed by atoms with Gasteiger partial charge in [0.2, 0.25) is 0 Å². The van der Waals surface area contributed by atoms with Gasteiger partial charge in [0.05, 0.1) is 28.1 Å². The second-order valence-electron chi connectivity index (χ2n) is 9.80. The van der Waals surface area contributed by atoms with Crippen molar-refractivity contribution in [1.29, 1.82) is 0 Å². The third-order valence-corrected chi connectivity index (χ3v) is 7.43. The Kier molecular flexibility index (Phi) is 4.79. The quantitative estimate of drug-likeness (QED) is 0.229. The molecule has 0 spiro atoms. The summed E-state index contributed by atoms with van der Waals surface area (Å²) >= 11 is 0. The smallest absolute Gasteiger partial charge is 0.137 e. The predicted octanol–water partition coefficient (Wildman–Crippen LogP) is 8.58. The Labute approximate surface area is 224 Å². The van der Waals surface area contributed by atoms with E-state index in [0.717, 1.165) is 61.2 Å². The second-order valence-corrected chi connectivity index (χ2v) is 9.80. The molecule has 0 aliphatic rings. The molecule has 0 saturated carbocycles. The largest absolute Gasteiger partial charge is 0.306 e. The number of fused-ring (bicyclic) bond motifs is 5. The average molecular weight is 499 g/mol. The van der Waals surface area contributed by atoms with Gasteiger partial charge >= 0.3 is 0 Å². The Morgan fingerprint density at radius 2 is 1.08 bits per heavy atom. The Morgan fingerprint density at radius 3 is 1.87 bits per heavy atom. The summed E-state index contributed by atoms with van der Waals surface area (Å²) in [5.41, 5.74) is 8.88. The number of hydrogen-bond donors (Lipinski definition) is 0. The van der Waals surface area contributed by atoms with Gasteiger partial charge in [-0.15, -0.1) is 0 Å². The van der Waals surface area contributed by atoms with Crippen LogP contribution in [0.3, 0.4) is 0 Å². The molecule has 0 N–H and O–H groups in total. The Balaban J connectivity index is 1.23. The van der Waals surface area contributed by atoms with E-state index < -0.39 is 0 Å². The van der Waals surface area contributed by atoms with Gasteiger partial charge in [-0.1, -0.05) is 97.1 Å². The van der Waals surface area contributed by atoms with E-state index in [9.17, 15) is 0 Å². The summed E-state index contributed by atoms with van der Waals surface area (Å²) in [4.78, 5) is 15.0. The molecule has 0 saturated heterocycles. The number of pyridine rings is 3. The maximum absolute atomic E-state index is 5.16. The van der Waals surface area contributed by atoms with Gasteiger partial charge in [-0.2, -0.15) is 0 Å². The molecular weight excluding hydrogens is 476 g/mol. The van der Waals surface area contributed by atoms with Crippen molar-refractivity contribution >= 4 is 38.2 Å². The van der Waals surface area contributed by atoms with Crippen molar-refractivity contribution in [3.63, 3.8) is 0 Å². The van der Waals surface area contributed by atoms with Crippen molar-refractivity contribution in [2.45, 2.75) is 0 Å². The number of benzene rings is 4. The Hall–Kier alpha value is -5.35. The fraction of sp³-hybridized carbons (Fsp3) is 0. The number of rotatable bonds is 3. The van der Waals surface area contributed by atoms with E-state index in [1.807, 2.05) is 28.8 Å². The van der Waals surface area contributed by atoms with Crippen LogP contribution in [0.5, 0.6) is 0 Å². The summed E-state index contributed by atoms with van der Waals surface area (Å²) in [5, 5.41) is 4.57. The van der Waals surface area contributed by atoms with E-state index in [1.165, 1.54) is 10.8 Å². The van der Waals surface area contributed by atoms with Gasteiger partial charge < -0.3 is 4.40 Å². The molecule has 4 heterocycles. The first-order valence-corrected chi connectivity index (χ1v) is 13.0. The minimum atomic E-state index is 0.913. The van der Waals surface area contributed by atoms with Crippen LogP contribution in [-0.4, -0.2) is 19.4 Å². The van der Waals surface area contributed by atoms with Crippen LogP contribution in [0, 0.1) is 0 Å². The van der Waals surface area contributed by atoms with Crippen LogP contribution >= 0.6 is 0 Å². The lowest BCUT2D eigenvalue weighted by molar-refractivity contribution is 1.19. The van der Waals surface area contributed by atoms with E-state index in [1.54, 1.807) is 0 Å². The minimum absolute atomic E-state index is 0.913. The number of aromatic nitrogens is 4.